The van der Waals surface area contributed by atoms with Crippen LogP contribution in [0.15, 0.2) is 42.5 Å². The Morgan fingerprint density at radius 3 is 2.14 bits per heavy atom. The first-order valence-electron chi connectivity index (χ1n) is 8.23. The van der Waals surface area contributed by atoms with Gasteiger partial charge in [0.1, 0.15) is 17.4 Å². The molecule has 2 nitrogen and oxygen atoms in total. The van der Waals surface area contributed by atoms with Gasteiger partial charge in [0.15, 0.2) is 18.2 Å². The van der Waals surface area contributed by atoms with Crippen LogP contribution in [0, 0.1) is 17.5 Å². The molecule has 0 saturated carbocycles. The molecule has 0 fully saturated rings. The van der Waals surface area contributed by atoms with Crippen molar-refractivity contribution in [2.24, 2.45) is 0 Å². The molecule has 28 heavy (non-hydrogen) atoms. The number of alkyl halides is 3. The van der Waals surface area contributed by atoms with Gasteiger partial charge in [-0.1, -0.05) is 18.2 Å². The van der Waals surface area contributed by atoms with E-state index in [9.17, 15) is 26.3 Å². The van der Waals surface area contributed by atoms with Gasteiger partial charge in [0, 0.05) is 17.5 Å². The molecule has 0 saturated heterocycles. The zero-order valence-electron chi connectivity index (χ0n) is 14.5. The number of halogens is 6. The van der Waals surface area contributed by atoms with E-state index in [0.29, 0.717) is 0 Å². The number of benzene rings is 3. The van der Waals surface area contributed by atoms with Gasteiger partial charge in [-0.15, -0.1) is 0 Å². The minimum absolute atomic E-state index is 0.0322. The van der Waals surface area contributed by atoms with E-state index in [4.69, 9.17) is 4.74 Å². The van der Waals surface area contributed by atoms with E-state index in [-0.39, 0.29) is 34.3 Å². The summed E-state index contributed by atoms with van der Waals surface area (Å²) in [5, 5.41) is 0.220. The highest BCUT2D eigenvalue weighted by Gasteiger charge is 2.29. The second kappa shape index (κ2) is 7.61. The van der Waals surface area contributed by atoms with Crippen molar-refractivity contribution in [3.8, 4) is 22.6 Å². The number of fused-ring (bicyclic) bond motifs is 1. The second-order valence-corrected chi connectivity index (χ2v) is 5.91. The standard InChI is InChI=1S/C20H14F6O2/c1-2-27-13-8-15(21)18(16(22)9-13)12-3-5-14-11(7-12)4-6-17(19(14)23)28-10-20(24,25)26/h3-9H,2,10H2,1H3. The fourth-order valence-corrected chi connectivity index (χ4v) is 2.77. The molecule has 0 N–H and O–H groups in total. The first-order valence-corrected chi connectivity index (χ1v) is 8.23. The van der Waals surface area contributed by atoms with Crippen molar-refractivity contribution in [3.05, 3.63) is 59.9 Å². The molecule has 0 spiro atoms. The number of rotatable bonds is 5. The van der Waals surface area contributed by atoms with Crippen LogP contribution in [-0.2, 0) is 0 Å². The van der Waals surface area contributed by atoms with E-state index in [1.54, 1.807) is 6.92 Å². The molecular formula is C20H14F6O2. The molecule has 0 bridgehead atoms. The minimum atomic E-state index is -4.60. The van der Waals surface area contributed by atoms with Crippen molar-refractivity contribution < 1.29 is 35.8 Å². The van der Waals surface area contributed by atoms with Crippen molar-refractivity contribution in [2.45, 2.75) is 13.1 Å². The van der Waals surface area contributed by atoms with E-state index in [2.05, 4.69) is 4.74 Å². The Labute approximate surface area is 156 Å². The molecule has 3 rings (SSSR count). The van der Waals surface area contributed by atoms with Crippen LogP contribution in [0.2, 0.25) is 0 Å². The molecule has 0 heterocycles. The second-order valence-electron chi connectivity index (χ2n) is 5.91. The van der Waals surface area contributed by atoms with Gasteiger partial charge in [0.05, 0.1) is 12.2 Å². The average molecular weight is 400 g/mol. The lowest BCUT2D eigenvalue weighted by Crippen LogP contribution is -2.19. The van der Waals surface area contributed by atoms with Crippen LogP contribution < -0.4 is 9.47 Å². The van der Waals surface area contributed by atoms with Crippen molar-refractivity contribution >= 4 is 10.8 Å². The summed E-state index contributed by atoms with van der Waals surface area (Å²) in [6.07, 6.45) is -4.60. The van der Waals surface area contributed by atoms with Crippen LogP contribution in [0.5, 0.6) is 11.5 Å². The number of ether oxygens (including phenoxy) is 2. The zero-order chi connectivity index (χ0) is 20.5. The van der Waals surface area contributed by atoms with Gasteiger partial charge in [-0.2, -0.15) is 13.2 Å². The summed E-state index contributed by atoms with van der Waals surface area (Å²) in [5.74, 6) is -3.21. The monoisotopic (exact) mass is 400 g/mol. The van der Waals surface area contributed by atoms with Gasteiger partial charge in [-0.05, 0) is 30.0 Å². The summed E-state index contributed by atoms with van der Waals surface area (Å²) in [6.45, 7) is 0.288. The first-order chi connectivity index (χ1) is 13.2. The normalized spacial score (nSPS) is 11.7. The van der Waals surface area contributed by atoms with Crippen LogP contribution in [0.25, 0.3) is 21.9 Å². The average Bonchev–Trinajstić information content (AvgIpc) is 2.60. The van der Waals surface area contributed by atoms with Crippen molar-refractivity contribution in [3.63, 3.8) is 0 Å². The third-order valence-corrected chi connectivity index (χ3v) is 3.93. The quantitative estimate of drug-likeness (QED) is 0.471. The summed E-state index contributed by atoms with van der Waals surface area (Å²) >= 11 is 0. The topological polar surface area (TPSA) is 18.5 Å². The third-order valence-electron chi connectivity index (χ3n) is 3.93. The lowest BCUT2D eigenvalue weighted by Gasteiger charge is -2.12. The Hall–Kier alpha value is -2.90. The Kier molecular flexibility index (Phi) is 5.40. The van der Waals surface area contributed by atoms with Crippen LogP contribution in [0.1, 0.15) is 6.92 Å². The van der Waals surface area contributed by atoms with Gasteiger partial charge < -0.3 is 9.47 Å². The Morgan fingerprint density at radius 1 is 0.857 bits per heavy atom. The van der Waals surface area contributed by atoms with Gasteiger partial charge in [-0.25, -0.2) is 13.2 Å². The minimum Gasteiger partial charge on any atom is -0.494 e. The van der Waals surface area contributed by atoms with Crippen LogP contribution in [-0.4, -0.2) is 19.4 Å². The van der Waals surface area contributed by atoms with Crippen molar-refractivity contribution in [1.82, 2.24) is 0 Å². The molecule has 8 heteroatoms. The predicted molar refractivity (Wildman–Crippen MR) is 92.0 cm³/mol. The summed E-state index contributed by atoms with van der Waals surface area (Å²) < 4.78 is 89.4. The molecule has 0 atom stereocenters. The van der Waals surface area contributed by atoms with Crippen LogP contribution in [0.4, 0.5) is 26.3 Å². The number of hydrogen-bond donors (Lipinski definition) is 0. The summed E-state index contributed by atoms with van der Waals surface area (Å²) in [6, 6.07) is 8.29. The molecule has 0 aliphatic heterocycles. The summed E-state index contributed by atoms with van der Waals surface area (Å²) in [4.78, 5) is 0. The van der Waals surface area contributed by atoms with Gasteiger partial charge in [0.2, 0.25) is 0 Å². The Bertz CT molecular complexity index is 990. The molecule has 0 aromatic heterocycles. The lowest BCUT2D eigenvalue weighted by molar-refractivity contribution is -0.153. The highest BCUT2D eigenvalue weighted by atomic mass is 19.4. The Balaban J connectivity index is 2.00. The van der Waals surface area contributed by atoms with Crippen LogP contribution >= 0.6 is 0 Å². The predicted octanol–water partition coefficient (Wildman–Crippen LogP) is 6.26. The SMILES string of the molecule is CCOc1cc(F)c(-c2ccc3c(F)c(OCC(F)(F)F)ccc3c2)c(F)c1. The zero-order valence-corrected chi connectivity index (χ0v) is 14.5. The van der Waals surface area contributed by atoms with Gasteiger partial charge >= 0.3 is 6.18 Å². The first kappa shape index (κ1) is 19.9. The molecular weight excluding hydrogens is 386 g/mol. The van der Waals surface area contributed by atoms with E-state index >= 15 is 0 Å². The third kappa shape index (κ3) is 4.16. The van der Waals surface area contributed by atoms with Crippen molar-refractivity contribution in [2.75, 3.05) is 13.2 Å². The van der Waals surface area contributed by atoms with Gasteiger partial charge in [0.25, 0.3) is 0 Å². The highest BCUT2D eigenvalue weighted by molar-refractivity contribution is 5.89. The molecule has 3 aromatic carbocycles. The van der Waals surface area contributed by atoms with Crippen molar-refractivity contribution in [1.29, 1.82) is 0 Å². The van der Waals surface area contributed by atoms with E-state index in [1.807, 2.05) is 0 Å². The maximum absolute atomic E-state index is 14.4. The molecule has 0 amide bonds. The maximum atomic E-state index is 14.4. The maximum Gasteiger partial charge on any atom is 0.422 e. The van der Waals surface area contributed by atoms with E-state index in [1.165, 1.54) is 24.3 Å². The van der Waals surface area contributed by atoms with E-state index in [0.717, 1.165) is 18.2 Å². The smallest absolute Gasteiger partial charge is 0.422 e. The van der Waals surface area contributed by atoms with Gasteiger partial charge in [-0.3, -0.25) is 0 Å². The fourth-order valence-electron chi connectivity index (χ4n) is 2.77. The fraction of sp³-hybridized carbons (Fsp3) is 0.200. The lowest BCUT2D eigenvalue weighted by atomic mass is 9.99. The summed E-state index contributed by atoms with van der Waals surface area (Å²) in [5.41, 5.74) is -0.169. The number of hydrogen-bond acceptors (Lipinski definition) is 2. The molecule has 148 valence electrons. The Morgan fingerprint density at radius 2 is 1.54 bits per heavy atom. The molecule has 0 unspecified atom stereocenters. The largest absolute Gasteiger partial charge is 0.494 e. The molecule has 0 aliphatic carbocycles. The summed E-state index contributed by atoms with van der Waals surface area (Å²) in [7, 11) is 0. The molecule has 3 aromatic rings. The van der Waals surface area contributed by atoms with E-state index < -0.39 is 36.0 Å². The molecule has 0 aliphatic rings. The molecule has 0 radical (unpaired) electrons. The highest BCUT2D eigenvalue weighted by Crippen LogP contribution is 2.34. The van der Waals surface area contributed by atoms with Crippen LogP contribution in [0.3, 0.4) is 0 Å².